The highest BCUT2D eigenvalue weighted by Gasteiger charge is 2.68. The van der Waals surface area contributed by atoms with Crippen LogP contribution in [0.1, 0.15) is 41.7 Å². The molecular formula is C22H19F3N4O3. The zero-order valence-electron chi connectivity index (χ0n) is 16.9. The van der Waals surface area contributed by atoms with Gasteiger partial charge in [-0.15, -0.1) is 0 Å². The third-order valence-electron chi connectivity index (χ3n) is 5.62. The van der Waals surface area contributed by atoms with Crippen molar-refractivity contribution in [2.24, 2.45) is 5.41 Å². The zero-order valence-corrected chi connectivity index (χ0v) is 16.9. The first-order chi connectivity index (χ1) is 15.1. The molecule has 0 bridgehead atoms. The predicted molar refractivity (Wildman–Crippen MR) is 111 cm³/mol. The fourth-order valence-electron chi connectivity index (χ4n) is 3.56. The topological polar surface area (TPSA) is 104 Å². The van der Waals surface area contributed by atoms with Gasteiger partial charge in [-0.2, -0.15) is 13.2 Å². The van der Waals surface area contributed by atoms with Crippen LogP contribution in [0.4, 0.5) is 24.7 Å². The number of benzene rings is 2. The van der Waals surface area contributed by atoms with Crippen molar-refractivity contribution in [1.82, 2.24) is 9.97 Å². The zero-order chi connectivity index (χ0) is 23.1. The number of hydrogen-bond acceptors (Lipinski definition) is 5. The fraction of sp³-hybridized carbons (Fsp3) is 0.273. The number of halogens is 3. The van der Waals surface area contributed by atoms with Crippen LogP contribution in [0.25, 0.3) is 10.9 Å². The van der Waals surface area contributed by atoms with Crippen molar-refractivity contribution >= 4 is 34.3 Å². The first-order valence-corrected chi connectivity index (χ1v) is 9.84. The molecule has 0 aliphatic heterocycles. The summed E-state index contributed by atoms with van der Waals surface area (Å²) in [7, 11) is 0. The van der Waals surface area contributed by atoms with Crippen LogP contribution in [0.2, 0.25) is 0 Å². The molecule has 0 saturated heterocycles. The summed E-state index contributed by atoms with van der Waals surface area (Å²) in [4.78, 5) is 32.0. The van der Waals surface area contributed by atoms with Crippen LogP contribution in [0.3, 0.4) is 0 Å². The molecule has 3 N–H and O–H groups in total. The Labute approximate surface area is 180 Å². The lowest BCUT2D eigenvalue weighted by molar-refractivity contribution is -0.189. The maximum absolute atomic E-state index is 13.2. The number of alkyl halides is 3. The number of carbonyl (C=O) groups is 2. The van der Waals surface area contributed by atoms with Gasteiger partial charge in [0.1, 0.15) is 17.6 Å². The third-order valence-corrected chi connectivity index (χ3v) is 5.62. The standard InChI is InChI=1S/C22H19F3N4O3/c1-12(28-18-15-6-3-7-16(19(30)31)17(15)26-11-27-18)13-4-2-5-14(10-13)29-20(32)21(8-9-21)22(23,24)25/h2-7,10-12H,8-9H2,1H3,(H,29,32)(H,30,31)(H,26,27,28). The number of aromatic carboxylic acids is 1. The van der Waals surface area contributed by atoms with Gasteiger partial charge in [0.05, 0.1) is 17.1 Å². The monoisotopic (exact) mass is 444 g/mol. The van der Waals surface area contributed by atoms with E-state index in [2.05, 4.69) is 20.6 Å². The van der Waals surface area contributed by atoms with Crippen LogP contribution < -0.4 is 10.6 Å². The molecular weight excluding hydrogens is 425 g/mol. The maximum atomic E-state index is 13.2. The number of hydrogen-bond donors (Lipinski definition) is 3. The van der Waals surface area contributed by atoms with Crippen molar-refractivity contribution in [3.8, 4) is 0 Å². The van der Waals surface area contributed by atoms with E-state index in [0.29, 0.717) is 16.8 Å². The molecule has 2 aromatic carbocycles. The average molecular weight is 444 g/mol. The summed E-state index contributed by atoms with van der Waals surface area (Å²) in [5, 5.41) is 15.4. The molecule has 1 unspecified atom stereocenters. The molecule has 1 amide bonds. The Kier molecular flexibility index (Phi) is 5.23. The molecule has 1 atom stereocenters. The minimum absolute atomic E-state index is 0.0454. The normalized spacial score (nSPS) is 15.8. The van der Waals surface area contributed by atoms with E-state index in [9.17, 15) is 27.9 Å². The van der Waals surface area contributed by atoms with Gasteiger partial charge >= 0.3 is 12.1 Å². The molecule has 1 heterocycles. The Morgan fingerprint density at radius 1 is 1.12 bits per heavy atom. The van der Waals surface area contributed by atoms with Crippen LogP contribution in [0.5, 0.6) is 0 Å². The quantitative estimate of drug-likeness (QED) is 0.505. The highest BCUT2D eigenvalue weighted by atomic mass is 19.4. The van der Waals surface area contributed by atoms with E-state index < -0.39 is 23.5 Å². The van der Waals surface area contributed by atoms with Crippen LogP contribution in [0, 0.1) is 5.41 Å². The number of amides is 1. The lowest BCUT2D eigenvalue weighted by Crippen LogP contribution is -2.36. The number of para-hydroxylation sites is 1. The summed E-state index contributed by atoms with van der Waals surface area (Å²) in [6.07, 6.45) is -3.74. The van der Waals surface area contributed by atoms with Crippen molar-refractivity contribution in [1.29, 1.82) is 0 Å². The molecule has 0 spiro atoms. The van der Waals surface area contributed by atoms with E-state index >= 15 is 0 Å². The highest BCUT2D eigenvalue weighted by Crippen LogP contribution is 2.58. The van der Waals surface area contributed by atoms with Crippen LogP contribution >= 0.6 is 0 Å². The van der Waals surface area contributed by atoms with E-state index in [0.717, 1.165) is 0 Å². The van der Waals surface area contributed by atoms with E-state index in [4.69, 9.17) is 0 Å². The number of aromatic nitrogens is 2. The summed E-state index contributed by atoms with van der Waals surface area (Å²) in [5.74, 6) is -1.75. The second-order valence-electron chi connectivity index (χ2n) is 7.75. The van der Waals surface area contributed by atoms with E-state index in [-0.39, 0.29) is 35.7 Å². The summed E-state index contributed by atoms with van der Waals surface area (Å²) >= 11 is 0. The van der Waals surface area contributed by atoms with Crippen LogP contribution in [-0.2, 0) is 4.79 Å². The summed E-state index contributed by atoms with van der Waals surface area (Å²) < 4.78 is 39.6. The number of carbonyl (C=O) groups excluding carboxylic acids is 1. The van der Waals surface area contributed by atoms with Gasteiger partial charge in [-0.25, -0.2) is 14.8 Å². The minimum Gasteiger partial charge on any atom is -0.478 e. The second kappa shape index (κ2) is 7.77. The first-order valence-electron chi connectivity index (χ1n) is 9.84. The number of anilines is 2. The third kappa shape index (κ3) is 3.83. The van der Waals surface area contributed by atoms with Crippen molar-refractivity contribution < 1.29 is 27.9 Å². The lowest BCUT2D eigenvalue weighted by Gasteiger charge is -2.20. The SMILES string of the molecule is CC(Nc1ncnc2c(C(=O)O)cccc12)c1cccc(NC(=O)C2(C(F)(F)F)CC2)c1. The molecule has 32 heavy (non-hydrogen) atoms. The molecule has 1 aliphatic rings. The number of rotatable bonds is 6. The number of nitrogens with zero attached hydrogens (tertiary/aromatic N) is 2. The number of carboxylic acids is 1. The lowest BCUT2D eigenvalue weighted by atomic mass is 10.0. The predicted octanol–water partition coefficient (Wildman–Crippen LogP) is 4.78. The van der Waals surface area contributed by atoms with Gasteiger partial charge in [0.2, 0.25) is 5.91 Å². The Bertz CT molecular complexity index is 1210. The summed E-state index contributed by atoms with van der Waals surface area (Å²) in [5.41, 5.74) is -1.01. The minimum atomic E-state index is -4.58. The fourth-order valence-corrected chi connectivity index (χ4v) is 3.56. The molecule has 1 aromatic heterocycles. The van der Waals surface area contributed by atoms with Gasteiger partial charge in [0.15, 0.2) is 0 Å². The molecule has 1 aliphatic carbocycles. The molecule has 0 radical (unpaired) electrons. The van der Waals surface area contributed by atoms with Gasteiger partial charge in [-0.05, 0) is 49.6 Å². The highest BCUT2D eigenvalue weighted by molar-refractivity contribution is 6.04. The maximum Gasteiger partial charge on any atom is 0.403 e. The van der Waals surface area contributed by atoms with E-state index in [1.54, 1.807) is 30.3 Å². The molecule has 1 saturated carbocycles. The number of carboxylic acid groups (broad SMARTS) is 1. The Morgan fingerprint density at radius 3 is 2.50 bits per heavy atom. The largest absolute Gasteiger partial charge is 0.478 e. The molecule has 4 rings (SSSR count). The molecule has 7 nitrogen and oxygen atoms in total. The van der Waals surface area contributed by atoms with E-state index in [1.165, 1.54) is 18.5 Å². The Balaban J connectivity index is 1.55. The number of nitrogens with one attached hydrogen (secondary N) is 2. The molecule has 166 valence electrons. The summed E-state index contributed by atoms with van der Waals surface area (Å²) in [6.45, 7) is 1.81. The summed E-state index contributed by atoms with van der Waals surface area (Å²) in [6, 6.07) is 10.9. The first kappa shape index (κ1) is 21.5. The van der Waals surface area contributed by atoms with Crippen molar-refractivity contribution in [2.75, 3.05) is 10.6 Å². The molecule has 10 heteroatoms. The van der Waals surface area contributed by atoms with Crippen molar-refractivity contribution in [2.45, 2.75) is 32.0 Å². The van der Waals surface area contributed by atoms with Gasteiger partial charge in [-0.1, -0.05) is 18.2 Å². The smallest absolute Gasteiger partial charge is 0.403 e. The van der Waals surface area contributed by atoms with Gasteiger partial charge in [0, 0.05) is 11.1 Å². The molecule has 1 fully saturated rings. The Hall–Kier alpha value is -3.69. The van der Waals surface area contributed by atoms with Gasteiger partial charge in [-0.3, -0.25) is 4.79 Å². The average Bonchev–Trinajstić information content (AvgIpc) is 3.56. The van der Waals surface area contributed by atoms with E-state index in [1.807, 2.05) is 6.92 Å². The number of fused-ring (bicyclic) bond motifs is 1. The molecule has 3 aromatic rings. The Morgan fingerprint density at radius 2 is 1.84 bits per heavy atom. The van der Waals surface area contributed by atoms with Gasteiger partial charge in [0.25, 0.3) is 0 Å². The van der Waals surface area contributed by atoms with Crippen molar-refractivity contribution in [3.63, 3.8) is 0 Å². The second-order valence-corrected chi connectivity index (χ2v) is 7.75. The van der Waals surface area contributed by atoms with Crippen LogP contribution in [-0.4, -0.2) is 33.1 Å². The van der Waals surface area contributed by atoms with Crippen LogP contribution in [0.15, 0.2) is 48.8 Å². The van der Waals surface area contributed by atoms with Gasteiger partial charge < -0.3 is 15.7 Å². The van der Waals surface area contributed by atoms with Crippen molar-refractivity contribution in [3.05, 3.63) is 59.9 Å².